The highest BCUT2D eigenvalue weighted by atomic mass is 35.5. The number of rotatable bonds is 2. The van der Waals surface area contributed by atoms with Crippen LogP contribution in [0.4, 0.5) is 11.4 Å². The lowest BCUT2D eigenvalue weighted by Crippen LogP contribution is -1.99. The lowest BCUT2D eigenvalue weighted by Gasteiger charge is -2.08. The summed E-state index contributed by atoms with van der Waals surface area (Å²) in [6.45, 7) is 3.90. The van der Waals surface area contributed by atoms with Crippen LogP contribution < -0.4 is 5.73 Å². The Balaban J connectivity index is 3.31. The molecule has 1 aromatic carbocycles. The van der Waals surface area contributed by atoms with Gasteiger partial charge in [0.05, 0.1) is 9.95 Å². The number of nitrogens with zero attached hydrogens (tertiary/aromatic N) is 1. The Bertz CT molecular complexity index is 377. The van der Waals surface area contributed by atoms with Gasteiger partial charge in [0.1, 0.15) is 5.69 Å². The minimum Gasteiger partial charge on any atom is -0.393 e. The third-order valence-electron chi connectivity index (χ3n) is 1.96. The van der Waals surface area contributed by atoms with E-state index in [0.29, 0.717) is 5.02 Å². The molecule has 0 radical (unpaired) electrons. The molecule has 14 heavy (non-hydrogen) atoms. The van der Waals surface area contributed by atoms with Gasteiger partial charge in [-0.25, -0.2) is 0 Å². The summed E-state index contributed by atoms with van der Waals surface area (Å²) in [5, 5.41) is 10.9. The highest BCUT2D eigenvalue weighted by Gasteiger charge is 2.16. The molecule has 4 nitrogen and oxygen atoms in total. The van der Waals surface area contributed by atoms with E-state index in [-0.39, 0.29) is 17.3 Å². The molecule has 0 spiro atoms. The molecule has 5 heteroatoms. The van der Waals surface area contributed by atoms with E-state index in [1.807, 2.05) is 13.8 Å². The largest absolute Gasteiger partial charge is 0.393 e. The van der Waals surface area contributed by atoms with Crippen LogP contribution in [0.25, 0.3) is 0 Å². The van der Waals surface area contributed by atoms with Gasteiger partial charge in [-0.1, -0.05) is 25.4 Å². The fourth-order valence-electron chi connectivity index (χ4n) is 1.20. The van der Waals surface area contributed by atoms with E-state index in [1.165, 1.54) is 6.07 Å². The van der Waals surface area contributed by atoms with Crippen LogP contribution in [0.1, 0.15) is 25.3 Å². The van der Waals surface area contributed by atoms with Gasteiger partial charge >= 0.3 is 0 Å². The molecule has 0 aromatic heterocycles. The fourth-order valence-corrected chi connectivity index (χ4v) is 1.57. The first-order chi connectivity index (χ1) is 6.43. The van der Waals surface area contributed by atoms with E-state index in [9.17, 15) is 10.1 Å². The van der Waals surface area contributed by atoms with Crippen molar-refractivity contribution in [3.63, 3.8) is 0 Å². The van der Waals surface area contributed by atoms with Crippen LogP contribution in [0.15, 0.2) is 12.1 Å². The number of hydrogen-bond acceptors (Lipinski definition) is 3. The van der Waals surface area contributed by atoms with Crippen LogP contribution in [0.3, 0.4) is 0 Å². The second-order valence-electron chi connectivity index (χ2n) is 3.34. The van der Waals surface area contributed by atoms with Gasteiger partial charge in [-0.3, -0.25) is 10.1 Å². The first-order valence-corrected chi connectivity index (χ1v) is 4.54. The Hall–Kier alpha value is -1.29. The normalized spacial score (nSPS) is 10.6. The number of benzene rings is 1. The van der Waals surface area contributed by atoms with Crippen molar-refractivity contribution in [3.05, 3.63) is 32.8 Å². The average Bonchev–Trinajstić information content (AvgIpc) is 2.07. The quantitative estimate of drug-likeness (QED) is 0.468. The summed E-state index contributed by atoms with van der Waals surface area (Å²) in [5.41, 5.74) is 6.37. The second-order valence-corrected chi connectivity index (χ2v) is 3.75. The first kappa shape index (κ1) is 10.8. The molecule has 1 aromatic rings. The molecule has 0 aliphatic heterocycles. The lowest BCUT2D eigenvalue weighted by molar-refractivity contribution is -0.383. The highest BCUT2D eigenvalue weighted by Crippen LogP contribution is 2.32. The minimum absolute atomic E-state index is 0.139. The summed E-state index contributed by atoms with van der Waals surface area (Å²) in [7, 11) is 0. The Kier molecular flexibility index (Phi) is 2.96. The molecular weight excluding hydrogens is 204 g/mol. The molecule has 0 fully saturated rings. The molecular formula is C9H11ClN2O2. The van der Waals surface area contributed by atoms with Crippen LogP contribution >= 0.6 is 11.6 Å². The topological polar surface area (TPSA) is 69.2 Å². The number of anilines is 1. The molecule has 0 bridgehead atoms. The van der Waals surface area contributed by atoms with Crippen molar-refractivity contribution in [2.75, 3.05) is 5.73 Å². The summed E-state index contributed by atoms with van der Waals surface area (Å²) in [4.78, 5) is 9.99. The van der Waals surface area contributed by atoms with Gasteiger partial charge in [-0.2, -0.15) is 0 Å². The van der Waals surface area contributed by atoms with Gasteiger partial charge in [0.15, 0.2) is 0 Å². The van der Waals surface area contributed by atoms with E-state index >= 15 is 0 Å². The summed E-state index contributed by atoms with van der Waals surface area (Å²) >= 11 is 5.88. The van der Waals surface area contributed by atoms with Crippen molar-refractivity contribution < 1.29 is 4.92 Å². The highest BCUT2D eigenvalue weighted by molar-refractivity contribution is 6.31. The maximum absolute atomic E-state index is 10.5. The van der Waals surface area contributed by atoms with Crippen LogP contribution in [-0.2, 0) is 0 Å². The van der Waals surface area contributed by atoms with Crippen molar-refractivity contribution >= 4 is 23.0 Å². The Morgan fingerprint density at radius 2 is 2.07 bits per heavy atom. The fraction of sp³-hybridized carbons (Fsp3) is 0.333. The number of nitro benzene ring substituents is 1. The van der Waals surface area contributed by atoms with Crippen LogP contribution in [0, 0.1) is 10.1 Å². The predicted octanol–water partition coefficient (Wildman–Crippen LogP) is 2.95. The van der Waals surface area contributed by atoms with Gasteiger partial charge in [-0.15, -0.1) is 0 Å². The van der Waals surface area contributed by atoms with E-state index in [2.05, 4.69) is 0 Å². The van der Waals surface area contributed by atoms with Gasteiger partial charge in [0, 0.05) is 6.07 Å². The third-order valence-corrected chi connectivity index (χ3v) is 2.29. The zero-order valence-corrected chi connectivity index (χ0v) is 8.71. The van der Waals surface area contributed by atoms with Gasteiger partial charge in [0.25, 0.3) is 5.69 Å². The van der Waals surface area contributed by atoms with Gasteiger partial charge < -0.3 is 5.73 Å². The second kappa shape index (κ2) is 3.84. The molecule has 1 rings (SSSR count). The molecule has 0 aliphatic rings. The van der Waals surface area contributed by atoms with E-state index in [1.54, 1.807) is 6.07 Å². The standard InChI is InChI=1S/C9H11ClN2O2/c1-5(2)6-3-8(11)9(12(13)14)4-7(6)10/h3-5H,11H2,1-2H3. The maximum Gasteiger partial charge on any atom is 0.293 e. The molecule has 0 saturated heterocycles. The van der Waals surface area contributed by atoms with E-state index in [0.717, 1.165) is 5.56 Å². The average molecular weight is 215 g/mol. The number of nitrogens with two attached hydrogens (primary N) is 1. The Morgan fingerprint density at radius 3 is 2.50 bits per heavy atom. The molecule has 0 aliphatic carbocycles. The molecule has 0 saturated carbocycles. The zero-order valence-electron chi connectivity index (χ0n) is 7.95. The number of nitro groups is 1. The third kappa shape index (κ3) is 1.96. The predicted molar refractivity (Wildman–Crippen MR) is 56.6 cm³/mol. The van der Waals surface area contributed by atoms with Gasteiger partial charge in [-0.05, 0) is 17.5 Å². The molecule has 0 unspecified atom stereocenters. The molecule has 0 heterocycles. The lowest BCUT2D eigenvalue weighted by atomic mass is 10.0. The van der Waals surface area contributed by atoms with Crippen LogP contribution in [-0.4, -0.2) is 4.92 Å². The van der Waals surface area contributed by atoms with Crippen LogP contribution in [0.2, 0.25) is 5.02 Å². The van der Waals surface area contributed by atoms with Crippen molar-refractivity contribution in [2.24, 2.45) is 0 Å². The molecule has 76 valence electrons. The first-order valence-electron chi connectivity index (χ1n) is 4.16. The van der Waals surface area contributed by atoms with Crippen LogP contribution in [0.5, 0.6) is 0 Å². The summed E-state index contributed by atoms with van der Waals surface area (Å²) in [6.07, 6.45) is 0. The summed E-state index contributed by atoms with van der Waals surface area (Å²) < 4.78 is 0. The smallest absolute Gasteiger partial charge is 0.293 e. The van der Waals surface area contributed by atoms with Crippen molar-refractivity contribution in [2.45, 2.75) is 19.8 Å². The number of hydrogen-bond donors (Lipinski definition) is 1. The summed E-state index contributed by atoms with van der Waals surface area (Å²) in [5.74, 6) is 0.200. The Morgan fingerprint density at radius 1 is 1.50 bits per heavy atom. The number of nitrogen functional groups attached to an aromatic ring is 1. The van der Waals surface area contributed by atoms with Gasteiger partial charge in [0.2, 0.25) is 0 Å². The Labute approximate surface area is 86.8 Å². The van der Waals surface area contributed by atoms with E-state index < -0.39 is 4.92 Å². The molecule has 0 atom stereocenters. The van der Waals surface area contributed by atoms with Crippen molar-refractivity contribution in [3.8, 4) is 0 Å². The number of halogens is 1. The van der Waals surface area contributed by atoms with Crippen molar-refractivity contribution in [1.29, 1.82) is 0 Å². The SMILES string of the molecule is CC(C)c1cc(N)c([N+](=O)[O-])cc1Cl. The zero-order chi connectivity index (χ0) is 10.9. The van der Waals surface area contributed by atoms with Crippen molar-refractivity contribution in [1.82, 2.24) is 0 Å². The molecule has 2 N–H and O–H groups in total. The maximum atomic E-state index is 10.5. The monoisotopic (exact) mass is 214 g/mol. The molecule has 0 amide bonds. The van der Waals surface area contributed by atoms with E-state index in [4.69, 9.17) is 17.3 Å². The summed E-state index contributed by atoms with van der Waals surface area (Å²) in [6, 6.07) is 2.86. The minimum atomic E-state index is -0.536.